The zero-order valence-electron chi connectivity index (χ0n) is 13.9. The molecule has 1 heterocycles. The maximum absolute atomic E-state index is 12.2. The Bertz CT molecular complexity index is 742. The number of nitrogens with one attached hydrogen (secondary N) is 1. The van der Waals surface area contributed by atoms with Crippen molar-refractivity contribution in [2.45, 2.75) is 20.3 Å². The van der Waals surface area contributed by atoms with Gasteiger partial charge in [-0.25, -0.2) is 0 Å². The lowest BCUT2D eigenvalue weighted by atomic mass is 10.1. The smallest absolute Gasteiger partial charge is 0.251 e. The third-order valence-electron chi connectivity index (χ3n) is 3.87. The summed E-state index contributed by atoms with van der Waals surface area (Å²) >= 11 is 0. The predicted molar refractivity (Wildman–Crippen MR) is 91.0 cm³/mol. The summed E-state index contributed by atoms with van der Waals surface area (Å²) in [4.78, 5) is 12.2. The number of fused-ring (bicyclic) bond motifs is 1. The van der Waals surface area contributed by atoms with Gasteiger partial charge in [0.05, 0.1) is 6.61 Å². The van der Waals surface area contributed by atoms with Gasteiger partial charge in [0.1, 0.15) is 5.75 Å². The normalized spacial score (nSPS) is 12.1. The van der Waals surface area contributed by atoms with Crippen LogP contribution in [-0.4, -0.2) is 25.9 Å². The summed E-state index contributed by atoms with van der Waals surface area (Å²) in [5.74, 6) is 2.09. The molecule has 0 spiro atoms. The summed E-state index contributed by atoms with van der Waals surface area (Å²) in [5.41, 5.74) is 2.85. The summed E-state index contributed by atoms with van der Waals surface area (Å²) in [7, 11) is 0. The molecule has 0 unspecified atom stereocenters. The van der Waals surface area contributed by atoms with E-state index in [0.29, 0.717) is 30.2 Å². The molecule has 3 rings (SSSR count). The van der Waals surface area contributed by atoms with Crippen LogP contribution < -0.4 is 19.5 Å². The van der Waals surface area contributed by atoms with Crippen LogP contribution in [0.1, 0.15) is 28.4 Å². The van der Waals surface area contributed by atoms with Gasteiger partial charge in [0.15, 0.2) is 11.5 Å². The topological polar surface area (TPSA) is 56.8 Å². The molecule has 0 aromatic heterocycles. The minimum Gasteiger partial charge on any atom is -0.494 e. The first-order valence-electron chi connectivity index (χ1n) is 8.07. The molecule has 5 nitrogen and oxygen atoms in total. The van der Waals surface area contributed by atoms with Crippen molar-refractivity contribution >= 4 is 5.91 Å². The van der Waals surface area contributed by atoms with E-state index in [1.165, 1.54) is 5.56 Å². The molecular formula is C19H21NO4. The van der Waals surface area contributed by atoms with Gasteiger partial charge >= 0.3 is 0 Å². The molecule has 5 heteroatoms. The summed E-state index contributed by atoms with van der Waals surface area (Å²) in [5, 5.41) is 2.93. The largest absolute Gasteiger partial charge is 0.494 e. The lowest BCUT2D eigenvalue weighted by molar-refractivity contribution is 0.0953. The van der Waals surface area contributed by atoms with E-state index in [1.807, 2.05) is 26.0 Å². The SMILES string of the molecule is CCOc1ccc(CCNC(=O)c2ccc3c(c2)OCO3)cc1C. The molecule has 24 heavy (non-hydrogen) atoms. The van der Waals surface area contributed by atoms with Gasteiger partial charge in [-0.2, -0.15) is 0 Å². The molecule has 0 atom stereocenters. The highest BCUT2D eigenvalue weighted by Gasteiger charge is 2.15. The molecule has 1 N–H and O–H groups in total. The second kappa shape index (κ2) is 7.25. The van der Waals surface area contributed by atoms with Gasteiger partial charge in [-0.1, -0.05) is 12.1 Å². The van der Waals surface area contributed by atoms with E-state index in [9.17, 15) is 4.79 Å². The Labute approximate surface area is 141 Å². The van der Waals surface area contributed by atoms with Gasteiger partial charge in [-0.05, 0) is 55.7 Å². The Morgan fingerprint density at radius 1 is 1.17 bits per heavy atom. The number of amides is 1. The summed E-state index contributed by atoms with van der Waals surface area (Å²) in [6, 6.07) is 11.3. The van der Waals surface area contributed by atoms with Crippen LogP contribution in [0.2, 0.25) is 0 Å². The first-order valence-corrected chi connectivity index (χ1v) is 8.07. The number of rotatable bonds is 6. The van der Waals surface area contributed by atoms with Crippen molar-refractivity contribution in [3.63, 3.8) is 0 Å². The molecular weight excluding hydrogens is 306 g/mol. The highest BCUT2D eigenvalue weighted by molar-refractivity contribution is 5.94. The fourth-order valence-corrected chi connectivity index (χ4v) is 2.64. The third-order valence-corrected chi connectivity index (χ3v) is 3.87. The number of aryl methyl sites for hydroxylation is 1. The second-order valence-electron chi connectivity index (χ2n) is 5.61. The van der Waals surface area contributed by atoms with Crippen molar-refractivity contribution in [2.24, 2.45) is 0 Å². The molecule has 2 aromatic carbocycles. The molecule has 0 radical (unpaired) electrons. The Balaban J connectivity index is 1.54. The first kappa shape index (κ1) is 16.2. The van der Waals surface area contributed by atoms with E-state index >= 15 is 0 Å². The molecule has 0 aliphatic carbocycles. The van der Waals surface area contributed by atoms with Crippen LogP contribution in [0, 0.1) is 6.92 Å². The van der Waals surface area contributed by atoms with Crippen LogP contribution in [-0.2, 0) is 6.42 Å². The zero-order chi connectivity index (χ0) is 16.9. The van der Waals surface area contributed by atoms with Crippen LogP contribution in [0.25, 0.3) is 0 Å². The highest BCUT2D eigenvalue weighted by Crippen LogP contribution is 2.32. The van der Waals surface area contributed by atoms with Crippen molar-refractivity contribution in [3.05, 3.63) is 53.1 Å². The van der Waals surface area contributed by atoms with Crippen molar-refractivity contribution in [3.8, 4) is 17.2 Å². The van der Waals surface area contributed by atoms with Crippen LogP contribution in [0.15, 0.2) is 36.4 Å². The van der Waals surface area contributed by atoms with E-state index < -0.39 is 0 Å². The molecule has 1 aliphatic heterocycles. The maximum atomic E-state index is 12.2. The van der Waals surface area contributed by atoms with Gasteiger partial charge in [-0.3, -0.25) is 4.79 Å². The molecule has 1 amide bonds. The van der Waals surface area contributed by atoms with E-state index in [2.05, 4.69) is 11.4 Å². The van der Waals surface area contributed by atoms with E-state index in [1.54, 1.807) is 18.2 Å². The van der Waals surface area contributed by atoms with Gasteiger partial charge in [0.25, 0.3) is 5.91 Å². The number of hydrogen-bond acceptors (Lipinski definition) is 4. The van der Waals surface area contributed by atoms with E-state index in [0.717, 1.165) is 17.7 Å². The van der Waals surface area contributed by atoms with Crippen LogP contribution >= 0.6 is 0 Å². The maximum Gasteiger partial charge on any atom is 0.251 e. The molecule has 0 fully saturated rings. The van der Waals surface area contributed by atoms with E-state index in [-0.39, 0.29) is 12.7 Å². The van der Waals surface area contributed by atoms with E-state index in [4.69, 9.17) is 14.2 Å². The second-order valence-corrected chi connectivity index (χ2v) is 5.61. The van der Waals surface area contributed by atoms with Gasteiger partial charge in [-0.15, -0.1) is 0 Å². The average Bonchev–Trinajstić information content (AvgIpc) is 3.05. The lowest BCUT2D eigenvalue weighted by Gasteiger charge is -2.10. The molecule has 0 bridgehead atoms. The first-order chi connectivity index (χ1) is 11.7. The summed E-state index contributed by atoms with van der Waals surface area (Å²) in [6.07, 6.45) is 0.767. The monoisotopic (exact) mass is 327 g/mol. The van der Waals surface area contributed by atoms with Gasteiger partial charge in [0.2, 0.25) is 6.79 Å². The predicted octanol–water partition coefficient (Wildman–Crippen LogP) is 3.09. The van der Waals surface area contributed by atoms with Crippen molar-refractivity contribution in [2.75, 3.05) is 19.9 Å². The Hall–Kier alpha value is -2.69. The number of ether oxygens (including phenoxy) is 3. The lowest BCUT2D eigenvalue weighted by Crippen LogP contribution is -2.25. The Morgan fingerprint density at radius 2 is 2.00 bits per heavy atom. The Morgan fingerprint density at radius 3 is 2.79 bits per heavy atom. The molecule has 2 aromatic rings. The zero-order valence-corrected chi connectivity index (χ0v) is 13.9. The van der Waals surface area contributed by atoms with Crippen molar-refractivity contribution < 1.29 is 19.0 Å². The quantitative estimate of drug-likeness (QED) is 0.886. The summed E-state index contributed by atoms with van der Waals surface area (Å²) < 4.78 is 16.1. The standard InChI is InChI=1S/C19H21NO4/c1-3-22-16-6-4-14(10-13(16)2)8-9-20-19(21)15-5-7-17-18(11-15)24-12-23-17/h4-7,10-11H,3,8-9,12H2,1-2H3,(H,20,21). The number of benzene rings is 2. The van der Waals surface area contributed by atoms with Gasteiger partial charge < -0.3 is 19.5 Å². The fourth-order valence-electron chi connectivity index (χ4n) is 2.64. The molecule has 126 valence electrons. The number of carbonyl (C=O) groups excluding carboxylic acids is 1. The highest BCUT2D eigenvalue weighted by atomic mass is 16.7. The number of hydrogen-bond donors (Lipinski definition) is 1. The fraction of sp³-hybridized carbons (Fsp3) is 0.316. The summed E-state index contributed by atoms with van der Waals surface area (Å²) in [6.45, 7) is 5.43. The molecule has 1 aliphatic rings. The van der Waals surface area contributed by atoms with Crippen LogP contribution in [0.3, 0.4) is 0 Å². The minimum absolute atomic E-state index is 0.115. The van der Waals surface area contributed by atoms with Gasteiger partial charge in [0, 0.05) is 12.1 Å². The minimum atomic E-state index is -0.115. The van der Waals surface area contributed by atoms with Crippen LogP contribution in [0.4, 0.5) is 0 Å². The average molecular weight is 327 g/mol. The number of carbonyl (C=O) groups is 1. The van der Waals surface area contributed by atoms with Crippen molar-refractivity contribution in [1.29, 1.82) is 0 Å². The molecule has 0 saturated heterocycles. The Kier molecular flexibility index (Phi) is 4.89. The van der Waals surface area contributed by atoms with Crippen LogP contribution in [0.5, 0.6) is 17.2 Å². The molecule has 0 saturated carbocycles. The van der Waals surface area contributed by atoms with Crippen molar-refractivity contribution in [1.82, 2.24) is 5.32 Å². The third kappa shape index (κ3) is 3.62.